The molecule has 120 valence electrons. The number of hydrogen-bond acceptors (Lipinski definition) is 5. The number of ether oxygens (including phenoxy) is 1. The molecule has 0 bridgehead atoms. The van der Waals surface area contributed by atoms with Crippen LogP contribution >= 0.6 is 0 Å². The van der Waals surface area contributed by atoms with Gasteiger partial charge >= 0.3 is 17.1 Å². The van der Waals surface area contributed by atoms with E-state index in [9.17, 15) is 19.2 Å². The Hall–Kier alpha value is -2.90. The van der Waals surface area contributed by atoms with Crippen molar-refractivity contribution in [3.63, 3.8) is 0 Å². The van der Waals surface area contributed by atoms with Crippen LogP contribution in [0.4, 0.5) is 5.69 Å². The molecule has 1 amide bonds. The van der Waals surface area contributed by atoms with Gasteiger partial charge in [0.2, 0.25) is 5.91 Å². The van der Waals surface area contributed by atoms with E-state index >= 15 is 0 Å². The number of nitrogens with one attached hydrogen (secondary N) is 2. The topological polar surface area (TPSA) is 110 Å². The monoisotopic (exact) mass is 317 g/mol. The maximum absolute atomic E-state index is 12.3. The smallest absolute Gasteiger partial charge is 0.317 e. The summed E-state index contributed by atoms with van der Waals surface area (Å²) in [6, 6.07) is 4.04. The van der Waals surface area contributed by atoms with E-state index in [4.69, 9.17) is 4.74 Å². The van der Waals surface area contributed by atoms with E-state index in [1.54, 1.807) is 25.1 Å². The van der Waals surface area contributed by atoms with Gasteiger partial charge in [-0.25, -0.2) is 0 Å². The number of amides is 1. The van der Waals surface area contributed by atoms with Crippen molar-refractivity contribution in [3.8, 4) is 0 Å². The zero-order valence-electron chi connectivity index (χ0n) is 12.4. The molecule has 0 saturated heterocycles. The summed E-state index contributed by atoms with van der Waals surface area (Å²) in [5, 5.41) is 2.70. The second-order valence-corrected chi connectivity index (χ2v) is 5.18. The molecule has 2 heterocycles. The highest BCUT2D eigenvalue weighted by atomic mass is 16.5. The number of rotatable bonds is 4. The van der Waals surface area contributed by atoms with Gasteiger partial charge in [0.05, 0.1) is 23.3 Å². The number of H-pyrrole nitrogens is 1. The third-order valence-electron chi connectivity index (χ3n) is 3.74. The molecule has 8 nitrogen and oxygen atoms in total. The number of carbonyl (C=O) groups is 2. The molecule has 0 spiro atoms. The van der Waals surface area contributed by atoms with E-state index in [0.29, 0.717) is 16.7 Å². The van der Waals surface area contributed by atoms with Crippen molar-refractivity contribution in [2.24, 2.45) is 0 Å². The first-order valence-corrected chi connectivity index (χ1v) is 7.27. The van der Waals surface area contributed by atoms with Gasteiger partial charge in [0.25, 0.3) is 0 Å². The Kier molecular flexibility index (Phi) is 3.73. The Balaban J connectivity index is 2.10. The van der Waals surface area contributed by atoms with Gasteiger partial charge in [0.15, 0.2) is 0 Å². The Bertz CT molecular complexity index is 911. The zero-order valence-corrected chi connectivity index (χ0v) is 12.4. The maximum atomic E-state index is 12.3. The van der Waals surface area contributed by atoms with Gasteiger partial charge in [-0.2, -0.15) is 0 Å². The molecule has 1 aromatic carbocycles. The molecule has 0 saturated carbocycles. The molecular formula is C15H15N3O5. The molecule has 23 heavy (non-hydrogen) atoms. The van der Waals surface area contributed by atoms with E-state index < -0.39 is 29.0 Å². The highest BCUT2D eigenvalue weighted by Crippen LogP contribution is 2.29. The summed E-state index contributed by atoms with van der Waals surface area (Å²) in [4.78, 5) is 50.4. The molecule has 1 aliphatic heterocycles. The molecule has 2 N–H and O–H groups in total. The summed E-state index contributed by atoms with van der Waals surface area (Å²) in [6.07, 6.45) is 0.0618. The van der Waals surface area contributed by atoms with Crippen molar-refractivity contribution in [1.82, 2.24) is 9.55 Å². The quantitative estimate of drug-likeness (QED) is 0.631. The molecule has 1 atom stereocenters. The normalized spacial score (nSPS) is 16.2. The average molecular weight is 317 g/mol. The summed E-state index contributed by atoms with van der Waals surface area (Å²) in [5.41, 5.74) is -0.258. The first-order chi connectivity index (χ1) is 11.0. The summed E-state index contributed by atoms with van der Waals surface area (Å²) in [7, 11) is 0. The minimum Gasteiger partial charge on any atom is -0.466 e. The Morgan fingerprint density at radius 2 is 2.09 bits per heavy atom. The Morgan fingerprint density at radius 1 is 1.30 bits per heavy atom. The van der Waals surface area contributed by atoms with Crippen LogP contribution in [0.5, 0.6) is 0 Å². The average Bonchev–Trinajstić information content (AvgIpc) is 2.51. The van der Waals surface area contributed by atoms with Crippen LogP contribution in [-0.4, -0.2) is 28.0 Å². The summed E-state index contributed by atoms with van der Waals surface area (Å²) in [6.45, 7) is 1.93. The van der Waals surface area contributed by atoms with E-state index in [0.717, 1.165) is 0 Å². The Morgan fingerprint density at radius 3 is 2.83 bits per heavy atom. The molecule has 0 aliphatic carbocycles. The Labute approximate surface area is 130 Å². The number of anilines is 1. The van der Waals surface area contributed by atoms with Crippen LogP contribution in [0.1, 0.15) is 25.8 Å². The molecule has 2 aromatic rings. The van der Waals surface area contributed by atoms with E-state index in [1.807, 2.05) is 0 Å². The zero-order chi connectivity index (χ0) is 16.6. The van der Waals surface area contributed by atoms with Crippen LogP contribution < -0.4 is 16.4 Å². The van der Waals surface area contributed by atoms with Crippen LogP contribution in [0.15, 0.2) is 27.8 Å². The van der Waals surface area contributed by atoms with Crippen molar-refractivity contribution in [2.45, 2.75) is 25.8 Å². The molecule has 3 rings (SSSR count). The van der Waals surface area contributed by atoms with Gasteiger partial charge < -0.3 is 15.0 Å². The lowest BCUT2D eigenvalue weighted by molar-refractivity contribution is -0.143. The molecule has 0 unspecified atom stereocenters. The van der Waals surface area contributed by atoms with E-state index in [1.165, 1.54) is 4.57 Å². The van der Waals surface area contributed by atoms with E-state index in [2.05, 4.69) is 10.3 Å². The molecule has 1 aliphatic rings. The summed E-state index contributed by atoms with van der Waals surface area (Å²) >= 11 is 0. The second-order valence-electron chi connectivity index (χ2n) is 5.18. The predicted octanol–water partition coefficient (Wildman–Crippen LogP) is 0.526. The number of aromatic nitrogens is 2. The fraction of sp³-hybridized carbons (Fsp3) is 0.333. The molecule has 0 fully saturated rings. The fourth-order valence-corrected chi connectivity index (χ4v) is 2.77. The first kappa shape index (κ1) is 15.0. The standard InChI is InChI=1S/C15H15N3O5/c1-2-23-11(19)7-6-10-13(20)16-8-4-3-5-9-12(8)18(10)15(22)14(21)17-9/h3-5,10H,2,6-7H2,1H3,(H,16,20)(H,17,21)/t10-/m1/s1. The highest BCUT2D eigenvalue weighted by molar-refractivity contribution is 6.04. The lowest BCUT2D eigenvalue weighted by Crippen LogP contribution is -2.44. The third-order valence-corrected chi connectivity index (χ3v) is 3.74. The summed E-state index contributed by atoms with van der Waals surface area (Å²) < 4.78 is 6.01. The number of nitrogens with zero attached hydrogens (tertiary/aromatic N) is 1. The lowest BCUT2D eigenvalue weighted by atomic mass is 10.1. The van der Waals surface area contributed by atoms with Gasteiger partial charge in [-0.05, 0) is 25.5 Å². The van der Waals surface area contributed by atoms with Crippen molar-refractivity contribution in [3.05, 3.63) is 38.9 Å². The molecule has 0 radical (unpaired) electrons. The number of benzene rings is 1. The van der Waals surface area contributed by atoms with Gasteiger partial charge in [0.1, 0.15) is 6.04 Å². The maximum Gasteiger partial charge on any atom is 0.317 e. The van der Waals surface area contributed by atoms with Gasteiger partial charge in [-0.3, -0.25) is 23.7 Å². The minimum absolute atomic E-state index is 0.0190. The largest absolute Gasteiger partial charge is 0.466 e. The molecular weight excluding hydrogens is 302 g/mol. The van der Waals surface area contributed by atoms with Crippen LogP contribution in [0, 0.1) is 0 Å². The molecule has 1 aromatic heterocycles. The minimum atomic E-state index is -0.924. The van der Waals surface area contributed by atoms with Crippen molar-refractivity contribution in [2.75, 3.05) is 11.9 Å². The molecule has 8 heteroatoms. The first-order valence-electron chi connectivity index (χ1n) is 7.27. The van der Waals surface area contributed by atoms with Gasteiger partial charge in [0, 0.05) is 6.42 Å². The van der Waals surface area contributed by atoms with Crippen LogP contribution in [0.3, 0.4) is 0 Å². The number of esters is 1. The highest BCUT2D eigenvalue weighted by Gasteiger charge is 2.30. The van der Waals surface area contributed by atoms with Gasteiger partial charge in [-0.15, -0.1) is 0 Å². The number of para-hydroxylation sites is 1. The second kappa shape index (κ2) is 5.71. The predicted molar refractivity (Wildman–Crippen MR) is 82.4 cm³/mol. The number of carbonyl (C=O) groups excluding carboxylic acids is 2. The number of aromatic amines is 1. The van der Waals surface area contributed by atoms with Gasteiger partial charge in [-0.1, -0.05) is 6.07 Å². The van der Waals surface area contributed by atoms with E-state index in [-0.39, 0.29) is 19.4 Å². The van der Waals surface area contributed by atoms with Crippen molar-refractivity contribution >= 4 is 28.6 Å². The van der Waals surface area contributed by atoms with Crippen LogP contribution in [-0.2, 0) is 14.3 Å². The number of hydrogen-bond donors (Lipinski definition) is 2. The van der Waals surface area contributed by atoms with Crippen LogP contribution in [0.2, 0.25) is 0 Å². The lowest BCUT2D eigenvalue weighted by Gasteiger charge is -2.26. The fourth-order valence-electron chi connectivity index (χ4n) is 2.77. The third kappa shape index (κ3) is 2.52. The SMILES string of the molecule is CCOC(=O)CC[C@@H]1C(=O)Nc2cccc3[nH]c(=O)c(=O)n1c23. The summed E-state index contributed by atoms with van der Waals surface area (Å²) in [5.74, 6) is -0.879. The van der Waals surface area contributed by atoms with Crippen molar-refractivity contribution in [1.29, 1.82) is 0 Å². The van der Waals surface area contributed by atoms with Crippen LogP contribution in [0.25, 0.3) is 11.0 Å². The van der Waals surface area contributed by atoms with Crippen molar-refractivity contribution < 1.29 is 14.3 Å².